The second-order valence-electron chi connectivity index (χ2n) is 7.96. The first kappa shape index (κ1) is 22.6. The van der Waals surface area contributed by atoms with Gasteiger partial charge in [-0.25, -0.2) is 8.42 Å². The van der Waals surface area contributed by atoms with Crippen LogP contribution in [0.1, 0.15) is 28.8 Å². The fraction of sp³-hybridized carbons (Fsp3) is 0.292. The van der Waals surface area contributed by atoms with Gasteiger partial charge in [-0.05, 0) is 65.6 Å². The number of hydrogen-bond donors (Lipinski definition) is 0. The minimum absolute atomic E-state index is 0.0974. The number of nitrogens with zero attached hydrogens (tertiary/aromatic N) is 2. The van der Waals surface area contributed by atoms with Crippen LogP contribution in [0.15, 0.2) is 59.5 Å². The topological polar surface area (TPSA) is 66.9 Å². The molecule has 3 aromatic rings. The van der Waals surface area contributed by atoms with Crippen molar-refractivity contribution in [2.75, 3.05) is 27.2 Å². The van der Waals surface area contributed by atoms with E-state index >= 15 is 0 Å². The van der Waals surface area contributed by atoms with E-state index in [1.165, 1.54) is 27.4 Å². The van der Waals surface area contributed by atoms with Gasteiger partial charge in [0, 0.05) is 26.7 Å². The van der Waals surface area contributed by atoms with E-state index in [1.807, 2.05) is 36.4 Å². The Kier molecular flexibility index (Phi) is 6.42. The molecule has 1 aliphatic rings. The van der Waals surface area contributed by atoms with Crippen molar-refractivity contribution in [1.29, 1.82) is 0 Å². The smallest absolute Gasteiger partial charge is 0.255 e. The van der Waals surface area contributed by atoms with Crippen molar-refractivity contribution >= 4 is 38.3 Å². The number of benzene rings is 3. The van der Waals surface area contributed by atoms with E-state index in [9.17, 15) is 13.2 Å². The molecule has 1 aliphatic heterocycles. The lowest BCUT2D eigenvalue weighted by Gasteiger charge is -2.20. The Morgan fingerprint density at radius 2 is 1.72 bits per heavy atom. The normalized spacial score (nSPS) is 14.6. The van der Waals surface area contributed by atoms with E-state index in [2.05, 4.69) is 0 Å². The van der Waals surface area contributed by atoms with E-state index in [0.717, 1.165) is 34.9 Å². The summed E-state index contributed by atoms with van der Waals surface area (Å²) in [5.41, 5.74) is 1.13. The van der Waals surface area contributed by atoms with Gasteiger partial charge in [-0.2, -0.15) is 4.31 Å². The highest BCUT2D eigenvalue weighted by Gasteiger charge is 2.28. The molecule has 8 heteroatoms. The maximum atomic E-state index is 13.1. The molecule has 1 heterocycles. The monoisotopic (exact) mass is 472 g/mol. The van der Waals surface area contributed by atoms with Crippen molar-refractivity contribution in [2.45, 2.75) is 24.3 Å². The van der Waals surface area contributed by atoms with Gasteiger partial charge < -0.3 is 9.64 Å². The summed E-state index contributed by atoms with van der Waals surface area (Å²) in [6, 6.07) is 16.1. The Labute approximate surface area is 193 Å². The van der Waals surface area contributed by atoms with Gasteiger partial charge >= 0.3 is 0 Å². The predicted octanol–water partition coefficient (Wildman–Crippen LogP) is 4.56. The minimum Gasteiger partial charge on any atom is -0.497 e. The standard InChI is InChI=1S/C24H25ClN2O4S/c1-26(16-17-5-6-19-14-20(31-2)8-7-18(19)13-17)24(28)22-15-21(9-10-23(22)25)32(29,30)27-11-3-4-12-27/h5-10,13-15H,3-4,11-12,16H2,1-2H3. The molecule has 0 N–H and O–H groups in total. The Hall–Kier alpha value is -2.61. The van der Waals surface area contributed by atoms with Crippen LogP contribution in [0, 0.1) is 0 Å². The molecule has 0 aliphatic carbocycles. The summed E-state index contributed by atoms with van der Waals surface area (Å²) < 4.78 is 32.5. The van der Waals surface area contributed by atoms with E-state index < -0.39 is 10.0 Å². The number of methoxy groups -OCH3 is 1. The van der Waals surface area contributed by atoms with Crippen molar-refractivity contribution in [3.05, 3.63) is 70.7 Å². The third-order valence-electron chi connectivity index (χ3n) is 5.75. The number of hydrogen-bond acceptors (Lipinski definition) is 4. The summed E-state index contributed by atoms with van der Waals surface area (Å²) in [7, 11) is -0.322. The number of carbonyl (C=O) groups excluding carboxylic acids is 1. The third-order valence-corrected chi connectivity index (χ3v) is 7.97. The maximum Gasteiger partial charge on any atom is 0.255 e. The Morgan fingerprint density at radius 1 is 1.03 bits per heavy atom. The van der Waals surface area contributed by atoms with Gasteiger partial charge in [0.15, 0.2) is 0 Å². The number of carbonyl (C=O) groups is 1. The lowest BCUT2D eigenvalue weighted by molar-refractivity contribution is 0.0785. The Balaban J connectivity index is 1.56. The van der Waals surface area contributed by atoms with E-state index in [-0.39, 0.29) is 21.4 Å². The van der Waals surface area contributed by atoms with Crippen molar-refractivity contribution < 1.29 is 17.9 Å². The summed E-state index contributed by atoms with van der Waals surface area (Å²) in [5.74, 6) is 0.458. The van der Waals surface area contributed by atoms with Crippen molar-refractivity contribution in [2.24, 2.45) is 0 Å². The first-order chi connectivity index (χ1) is 15.3. The van der Waals surface area contributed by atoms with Crippen LogP contribution in [-0.4, -0.2) is 50.8 Å². The molecule has 0 saturated carbocycles. The van der Waals surface area contributed by atoms with Crippen LogP contribution in [0.4, 0.5) is 0 Å². The molecule has 168 valence electrons. The molecule has 6 nitrogen and oxygen atoms in total. The van der Waals surface area contributed by atoms with Gasteiger partial charge in [-0.15, -0.1) is 0 Å². The van der Waals surface area contributed by atoms with E-state index in [0.29, 0.717) is 19.6 Å². The molecule has 0 spiro atoms. The Morgan fingerprint density at radius 3 is 2.44 bits per heavy atom. The average Bonchev–Trinajstić information content (AvgIpc) is 3.34. The molecule has 0 bridgehead atoms. The minimum atomic E-state index is -3.63. The molecule has 0 atom stereocenters. The molecule has 0 radical (unpaired) electrons. The number of ether oxygens (including phenoxy) is 1. The van der Waals surface area contributed by atoms with Crippen molar-refractivity contribution in [3.8, 4) is 5.75 Å². The summed E-state index contributed by atoms with van der Waals surface area (Å²) in [4.78, 5) is 14.8. The highest BCUT2D eigenvalue weighted by molar-refractivity contribution is 7.89. The molecule has 0 unspecified atom stereocenters. The van der Waals surface area contributed by atoms with Crippen LogP contribution < -0.4 is 4.74 Å². The molecule has 3 aromatic carbocycles. The third kappa shape index (κ3) is 4.46. The van der Waals surface area contributed by atoms with Crippen LogP contribution >= 0.6 is 11.6 Å². The lowest BCUT2D eigenvalue weighted by atomic mass is 10.1. The zero-order valence-corrected chi connectivity index (χ0v) is 19.6. The lowest BCUT2D eigenvalue weighted by Crippen LogP contribution is -2.29. The molecule has 1 fully saturated rings. The second kappa shape index (κ2) is 9.10. The maximum absolute atomic E-state index is 13.1. The highest BCUT2D eigenvalue weighted by atomic mass is 35.5. The van der Waals surface area contributed by atoms with Gasteiger partial charge in [0.2, 0.25) is 10.0 Å². The summed E-state index contributed by atoms with van der Waals surface area (Å²) in [6.45, 7) is 1.37. The predicted molar refractivity (Wildman–Crippen MR) is 126 cm³/mol. The van der Waals surface area contributed by atoms with E-state index in [4.69, 9.17) is 16.3 Å². The average molecular weight is 473 g/mol. The fourth-order valence-corrected chi connectivity index (χ4v) is 5.70. The van der Waals surface area contributed by atoms with Crippen LogP contribution in [-0.2, 0) is 16.6 Å². The van der Waals surface area contributed by atoms with E-state index in [1.54, 1.807) is 14.2 Å². The fourth-order valence-electron chi connectivity index (χ4n) is 3.96. The molecular weight excluding hydrogens is 448 g/mol. The first-order valence-electron chi connectivity index (χ1n) is 10.4. The first-order valence-corrected chi connectivity index (χ1v) is 12.2. The molecule has 0 aromatic heterocycles. The van der Waals surface area contributed by atoms with Crippen molar-refractivity contribution in [1.82, 2.24) is 9.21 Å². The summed E-state index contributed by atoms with van der Waals surface area (Å²) >= 11 is 6.29. The van der Waals surface area contributed by atoms with Crippen LogP contribution in [0.5, 0.6) is 5.75 Å². The van der Waals surface area contributed by atoms with Gasteiger partial charge in [0.25, 0.3) is 5.91 Å². The number of fused-ring (bicyclic) bond motifs is 1. The molecular formula is C24H25ClN2O4S. The number of rotatable bonds is 6. The molecule has 32 heavy (non-hydrogen) atoms. The van der Waals surface area contributed by atoms with Gasteiger partial charge in [-0.3, -0.25) is 4.79 Å². The van der Waals surface area contributed by atoms with Gasteiger partial charge in [0.1, 0.15) is 5.75 Å². The second-order valence-corrected chi connectivity index (χ2v) is 10.3. The van der Waals surface area contributed by atoms with Crippen molar-refractivity contribution in [3.63, 3.8) is 0 Å². The Bertz CT molecular complexity index is 1270. The largest absolute Gasteiger partial charge is 0.497 e. The van der Waals surface area contributed by atoms with Crippen LogP contribution in [0.25, 0.3) is 10.8 Å². The number of amides is 1. The van der Waals surface area contributed by atoms with Gasteiger partial charge in [-0.1, -0.05) is 29.8 Å². The number of sulfonamides is 1. The highest BCUT2D eigenvalue weighted by Crippen LogP contribution is 2.27. The van der Waals surface area contributed by atoms with Crippen LogP contribution in [0.2, 0.25) is 5.02 Å². The molecule has 1 saturated heterocycles. The van der Waals surface area contributed by atoms with Gasteiger partial charge in [0.05, 0.1) is 22.6 Å². The molecule has 1 amide bonds. The summed E-state index contributed by atoms with van der Waals surface area (Å²) in [6.07, 6.45) is 1.69. The quantitative estimate of drug-likeness (QED) is 0.527. The zero-order valence-electron chi connectivity index (χ0n) is 18.0. The SMILES string of the molecule is COc1ccc2cc(CN(C)C(=O)c3cc(S(=O)(=O)N4CCCC4)ccc3Cl)ccc2c1. The zero-order chi connectivity index (χ0) is 22.9. The van der Waals surface area contributed by atoms with Crippen LogP contribution in [0.3, 0.4) is 0 Å². The summed E-state index contributed by atoms with van der Waals surface area (Å²) in [5, 5.41) is 2.32. The number of halogens is 1. The molecule has 4 rings (SSSR count).